The van der Waals surface area contributed by atoms with Gasteiger partial charge in [0, 0.05) is 12.8 Å². The predicted molar refractivity (Wildman–Crippen MR) is 366 cm³/mol. The molecule has 0 bridgehead atoms. The third kappa shape index (κ3) is 69.3. The van der Waals surface area contributed by atoms with Gasteiger partial charge in [0.15, 0.2) is 0 Å². The summed E-state index contributed by atoms with van der Waals surface area (Å²) < 4.78 is 5.49. The van der Waals surface area contributed by atoms with Crippen molar-refractivity contribution in [2.45, 2.75) is 443 Å². The molecule has 0 saturated carbocycles. The summed E-state index contributed by atoms with van der Waals surface area (Å²) in [4.78, 5) is 24.5. The second-order valence-electron chi connectivity index (χ2n) is 26.3. The maximum atomic E-state index is 12.5. The summed E-state index contributed by atoms with van der Waals surface area (Å²) >= 11 is 0. The van der Waals surface area contributed by atoms with E-state index in [0.29, 0.717) is 19.4 Å². The van der Waals surface area contributed by atoms with Crippen LogP contribution in [0.15, 0.2) is 24.3 Å². The molecule has 0 spiro atoms. The lowest BCUT2D eigenvalue weighted by Gasteiger charge is -2.20. The highest BCUT2D eigenvalue weighted by molar-refractivity contribution is 5.76. The van der Waals surface area contributed by atoms with Gasteiger partial charge in [0.2, 0.25) is 5.91 Å². The molecule has 6 heteroatoms. The van der Waals surface area contributed by atoms with Crippen LogP contribution in [0.2, 0.25) is 0 Å². The highest BCUT2D eigenvalue weighted by Crippen LogP contribution is 2.20. The van der Waals surface area contributed by atoms with E-state index in [9.17, 15) is 19.8 Å². The topological polar surface area (TPSA) is 95.9 Å². The molecular formula is C77H149NO5. The van der Waals surface area contributed by atoms with Gasteiger partial charge in [0.25, 0.3) is 0 Å². The van der Waals surface area contributed by atoms with E-state index in [1.54, 1.807) is 6.08 Å². The molecule has 0 aromatic rings. The first-order chi connectivity index (χ1) is 41.0. The minimum atomic E-state index is -0.839. The van der Waals surface area contributed by atoms with Gasteiger partial charge >= 0.3 is 5.97 Å². The maximum absolute atomic E-state index is 12.5. The lowest BCUT2D eigenvalue weighted by Crippen LogP contribution is -2.45. The lowest BCUT2D eigenvalue weighted by atomic mass is 10.0. The zero-order valence-corrected chi connectivity index (χ0v) is 56.5. The smallest absolute Gasteiger partial charge is 0.305 e. The van der Waals surface area contributed by atoms with Gasteiger partial charge < -0.3 is 20.3 Å². The van der Waals surface area contributed by atoms with E-state index in [0.717, 1.165) is 44.9 Å². The van der Waals surface area contributed by atoms with Crippen molar-refractivity contribution in [3.05, 3.63) is 24.3 Å². The van der Waals surface area contributed by atoms with Crippen LogP contribution in [0.5, 0.6) is 0 Å². The third-order valence-electron chi connectivity index (χ3n) is 18.0. The van der Waals surface area contributed by atoms with Crippen molar-refractivity contribution in [1.82, 2.24) is 5.32 Å². The molecule has 0 aromatic carbocycles. The normalized spacial score (nSPS) is 12.6. The maximum Gasteiger partial charge on any atom is 0.305 e. The first kappa shape index (κ1) is 81.3. The number of hydrogen-bond acceptors (Lipinski definition) is 5. The molecule has 6 nitrogen and oxygen atoms in total. The lowest BCUT2D eigenvalue weighted by molar-refractivity contribution is -0.143. The second kappa shape index (κ2) is 72.8. The van der Waals surface area contributed by atoms with Crippen LogP contribution in [-0.4, -0.2) is 47.4 Å². The zero-order chi connectivity index (χ0) is 59.9. The summed E-state index contributed by atoms with van der Waals surface area (Å²) in [7, 11) is 0. The first-order valence-corrected chi connectivity index (χ1v) is 38.1. The van der Waals surface area contributed by atoms with Crippen LogP contribution in [-0.2, 0) is 14.3 Å². The molecule has 0 saturated heterocycles. The van der Waals surface area contributed by atoms with Gasteiger partial charge in [0.05, 0.1) is 25.4 Å². The summed E-state index contributed by atoms with van der Waals surface area (Å²) in [5, 5.41) is 23.1. The Morgan fingerprint density at radius 2 is 0.566 bits per heavy atom. The average molecular weight is 1170 g/mol. The monoisotopic (exact) mass is 1170 g/mol. The second-order valence-corrected chi connectivity index (χ2v) is 26.3. The molecular weight excluding hydrogens is 1020 g/mol. The summed E-state index contributed by atoms with van der Waals surface area (Å²) in [5.41, 5.74) is 0. The number of aliphatic hydroxyl groups excluding tert-OH is 2. The van der Waals surface area contributed by atoms with Gasteiger partial charge in [-0.15, -0.1) is 0 Å². The molecule has 0 fully saturated rings. The van der Waals surface area contributed by atoms with Crippen molar-refractivity contribution in [3.63, 3.8) is 0 Å². The Balaban J connectivity index is 3.29. The molecule has 1 amide bonds. The molecule has 2 atom stereocenters. The van der Waals surface area contributed by atoms with Gasteiger partial charge in [-0.25, -0.2) is 0 Å². The van der Waals surface area contributed by atoms with Gasteiger partial charge in [-0.1, -0.05) is 385 Å². The van der Waals surface area contributed by atoms with Gasteiger partial charge in [-0.3, -0.25) is 9.59 Å². The Hall–Kier alpha value is -1.66. The molecule has 0 heterocycles. The van der Waals surface area contributed by atoms with Crippen molar-refractivity contribution < 1.29 is 24.5 Å². The Morgan fingerprint density at radius 1 is 0.325 bits per heavy atom. The Kier molecular flexibility index (Phi) is 71.4. The van der Waals surface area contributed by atoms with Crippen molar-refractivity contribution in [1.29, 1.82) is 0 Å². The molecule has 3 N–H and O–H groups in total. The van der Waals surface area contributed by atoms with Crippen LogP contribution in [0.4, 0.5) is 0 Å². The number of nitrogens with one attached hydrogen (secondary N) is 1. The van der Waals surface area contributed by atoms with Gasteiger partial charge in [-0.05, 0) is 57.8 Å². The highest BCUT2D eigenvalue weighted by atomic mass is 16.5. The number of allylic oxidation sites excluding steroid dienone is 3. The summed E-state index contributed by atoms with van der Waals surface area (Å²) in [6.07, 6.45) is 93.1. The highest BCUT2D eigenvalue weighted by Gasteiger charge is 2.18. The number of amides is 1. The summed E-state index contributed by atoms with van der Waals surface area (Å²) in [5.74, 6) is -0.0440. The molecule has 2 unspecified atom stereocenters. The quantitative estimate of drug-likeness (QED) is 0.0320. The Labute approximate surface area is 520 Å². The van der Waals surface area contributed by atoms with Crippen LogP contribution >= 0.6 is 0 Å². The molecule has 0 aliphatic carbocycles. The van der Waals surface area contributed by atoms with Crippen molar-refractivity contribution in [2.75, 3.05) is 13.2 Å². The number of rotatable bonds is 72. The Morgan fingerprint density at radius 3 is 0.855 bits per heavy atom. The first-order valence-electron chi connectivity index (χ1n) is 38.1. The number of esters is 1. The Bertz CT molecular complexity index is 1300. The fourth-order valence-corrected chi connectivity index (χ4v) is 12.2. The predicted octanol–water partition coefficient (Wildman–Crippen LogP) is 24.9. The van der Waals surface area contributed by atoms with E-state index >= 15 is 0 Å². The minimum Gasteiger partial charge on any atom is -0.466 e. The summed E-state index contributed by atoms with van der Waals surface area (Å²) in [6, 6.07) is -0.622. The average Bonchev–Trinajstić information content (AvgIpc) is 3.49. The summed E-state index contributed by atoms with van der Waals surface area (Å²) in [6.45, 7) is 4.92. The largest absolute Gasteiger partial charge is 0.466 e. The number of unbranched alkanes of at least 4 members (excludes halogenated alkanes) is 59. The molecule has 0 rings (SSSR count). The fourth-order valence-electron chi connectivity index (χ4n) is 12.2. The van der Waals surface area contributed by atoms with Crippen LogP contribution in [0.3, 0.4) is 0 Å². The molecule has 492 valence electrons. The van der Waals surface area contributed by atoms with E-state index in [1.165, 1.54) is 360 Å². The fraction of sp³-hybridized carbons (Fsp3) is 0.922. The van der Waals surface area contributed by atoms with Crippen LogP contribution in [0.25, 0.3) is 0 Å². The van der Waals surface area contributed by atoms with Crippen LogP contribution in [0.1, 0.15) is 431 Å². The van der Waals surface area contributed by atoms with Gasteiger partial charge in [-0.2, -0.15) is 0 Å². The number of hydrogen-bond donors (Lipinski definition) is 3. The van der Waals surface area contributed by atoms with Gasteiger partial charge in [0.1, 0.15) is 0 Å². The molecule has 0 aromatic heterocycles. The minimum absolute atomic E-state index is 0.0159. The van der Waals surface area contributed by atoms with E-state index in [1.807, 2.05) is 6.08 Å². The van der Waals surface area contributed by atoms with E-state index < -0.39 is 12.1 Å². The van der Waals surface area contributed by atoms with Crippen LogP contribution < -0.4 is 5.32 Å². The number of carbonyl (C=O) groups excluding carboxylic acids is 2. The van der Waals surface area contributed by atoms with Crippen molar-refractivity contribution in [2.24, 2.45) is 0 Å². The molecule has 0 aliphatic rings. The van der Waals surface area contributed by atoms with Crippen LogP contribution in [0, 0.1) is 0 Å². The van der Waals surface area contributed by atoms with E-state index in [4.69, 9.17) is 4.74 Å². The number of aliphatic hydroxyl groups is 2. The van der Waals surface area contributed by atoms with Crippen molar-refractivity contribution >= 4 is 11.9 Å². The standard InChI is InChI=1S/C77H149NO5/c1-3-5-7-9-11-13-15-17-47-51-55-59-63-67-71-77(82)83-72-68-64-60-56-52-48-44-42-40-38-36-34-32-30-28-26-24-22-20-18-19-21-23-25-27-29-31-33-35-37-39-41-43-46-50-54-58-62-66-70-76(81)78-74(73-79)75(80)69-65-61-57-53-49-45-16-14-12-10-8-6-4-2/h15,17,65,69,74-75,79-80H,3-14,16,18-64,66-68,70-73H2,1-2H3,(H,78,81)/b17-15-,69-65+. The van der Waals surface area contributed by atoms with E-state index in [2.05, 4.69) is 31.3 Å². The number of carbonyl (C=O) groups is 2. The molecule has 0 aliphatic heterocycles. The zero-order valence-electron chi connectivity index (χ0n) is 56.5. The third-order valence-corrected chi connectivity index (χ3v) is 18.0. The number of ether oxygens (including phenoxy) is 1. The van der Waals surface area contributed by atoms with E-state index in [-0.39, 0.29) is 18.5 Å². The molecule has 0 radical (unpaired) electrons. The van der Waals surface area contributed by atoms with Crippen molar-refractivity contribution in [3.8, 4) is 0 Å². The molecule has 83 heavy (non-hydrogen) atoms. The SMILES string of the molecule is CCCCCCC/C=C\CCCCCCCC(=O)OCCCCCCCCCCCCCCCCCCCCCCCCCCCCCCCCCCCCCCCCCC(=O)NC(CO)C(O)/C=C/CCCCCCCCCCCCC.